The lowest BCUT2D eigenvalue weighted by Gasteiger charge is -2.42. The van der Waals surface area contributed by atoms with Crippen LogP contribution in [0.5, 0.6) is 0 Å². The van der Waals surface area contributed by atoms with Crippen molar-refractivity contribution in [3.63, 3.8) is 0 Å². The molecule has 11 atom stereocenters. The zero-order valence-corrected chi connectivity index (χ0v) is 30.5. The number of primary amides is 1. The van der Waals surface area contributed by atoms with Gasteiger partial charge in [0.25, 0.3) is 0 Å². The van der Waals surface area contributed by atoms with Crippen molar-refractivity contribution >= 4 is 47.6 Å². The van der Waals surface area contributed by atoms with Gasteiger partial charge in [-0.1, -0.05) is 0 Å². The first-order valence-electron chi connectivity index (χ1n) is 17.0. The zero-order valence-electron chi connectivity index (χ0n) is 30.5. The van der Waals surface area contributed by atoms with Gasteiger partial charge in [0.15, 0.2) is 6.29 Å². The molecule has 1 heterocycles. The molecule has 308 valence electrons. The molecule has 0 spiro atoms. The van der Waals surface area contributed by atoms with Crippen LogP contribution in [0.2, 0.25) is 0 Å². The van der Waals surface area contributed by atoms with E-state index >= 15 is 0 Å². The highest BCUT2D eigenvalue weighted by molar-refractivity contribution is 5.94. The largest absolute Gasteiger partial charge is 0.480 e. The van der Waals surface area contributed by atoms with Crippen molar-refractivity contribution in [1.29, 1.82) is 0 Å². The summed E-state index contributed by atoms with van der Waals surface area (Å²) in [5.41, 5.74) is 16.6. The Hall–Kier alpha value is -4.61. The molecule has 23 nitrogen and oxygen atoms in total. The summed E-state index contributed by atoms with van der Waals surface area (Å²) in [5.74, 6) is -7.01. The van der Waals surface area contributed by atoms with E-state index in [1.54, 1.807) is 0 Å². The molecule has 0 aliphatic carbocycles. The number of unbranched alkanes of at least 4 members (excludes halogenated alkanes) is 1. The van der Waals surface area contributed by atoms with Gasteiger partial charge in [-0.2, -0.15) is 9.59 Å². The van der Waals surface area contributed by atoms with Gasteiger partial charge in [-0.3, -0.25) is 33.6 Å². The number of aliphatic carboxylic acids is 1. The molecular formula is C31H54N8O15. The van der Waals surface area contributed by atoms with Crippen molar-refractivity contribution in [1.82, 2.24) is 26.6 Å². The van der Waals surface area contributed by atoms with Crippen molar-refractivity contribution in [2.75, 3.05) is 19.7 Å². The Morgan fingerprint density at radius 2 is 1.31 bits per heavy atom. The van der Waals surface area contributed by atoms with E-state index in [1.807, 2.05) is 0 Å². The Balaban J connectivity index is 0.00000903. The molecule has 0 bridgehead atoms. The predicted octanol–water partition coefficient (Wildman–Crippen LogP) is -6.22. The number of hydrogen-bond acceptors (Lipinski definition) is 16. The second-order valence-corrected chi connectivity index (χ2v) is 12.4. The first-order valence-corrected chi connectivity index (χ1v) is 17.0. The number of rotatable bonds is 22. The van der Waals surface area contributed by atoms with Gasteiger partial charge >= 0.3 is 12.1 Å². The normalized spacial score (nSPS) is 22.5. The molecule has 54 heavy (non-hydrogen) atoms. The number of hydrogen-bond donors (Lipinski definition) is 12. The van der Waals surface area contributed by atoms with Crippen molar-refractivity contribution in [3.8, 4) is 0 Å². The first-order chi connectivity index (χ1) is 25.3. The van der Waals surface area contributed by atoms with Gasteiger partial charge < -0.3 is 73.7 Å². The van der Waals surface area contributed by atoms with E-state index in [1.165, 1.54) is 27.7 Å². The van der Waals surface area contributed by atoms with E-state index in [4.69, 9.17) is 41.4 Å². The second-order valence-electron chi connectivity index (χ2n) is 12.4. The Kier molecular flexibility index (Phi) is 23.2. The maximum Gasteiger partial charge on any atom is 0.373 e. The molecule has 0 aromatic heterocycles. The van der Waals surface area contributed by atoms with Gasteiger partial charge in [-0.25, -0.2) is 0 Å². The zero-order chi connectivity index (χ0) is 41.7. The van der Waals surface area contributed by atoms with E-state index in [2.05, 4.69) is 26.6 Å². The number of aliphatic hydroxyl groups excluding tert-OH is 3. The third-order valence-electron chi connectivity index (χ3n) is 8.15. The summed E-state index contributed by atoms with van der Waals surface area (Å²) >= 11 is 0. The van der Waals surface area contributed by atoms with Gasteiger partial charge in [0, 0.05) is 13.0 Å². The van der Waals surface area contributed by atoms with E-state index < -0.39 is 115 Å². The molecule has 3 unspecified atom stereocenters. The van der Waals surface area contributed by atoms with E-state index in [-0.39, 0.29) is 32.0 Å². The summed E-state index contributed by atoms with van der Waals surface area (Å²) in [6.07, 6.45) is -5.89. The fraction of sp³-hybridized carbons (Fsp3) is 0.742. The summed E-state index contributed by atoms with van der Waals surface area (Å²) in [5, 5.41) is 51.0. The Bertz CT molecular complexity index is 1300. The van der Waals surface area contributed by atoms with Gasteiger partial charge in [0.1, 0.15) is 48.5 Å². The van der Waals surface area contributed by atoms with Crippen LogP contribution >= 0.6 is 0 Å². The van der Waals surface area contributed by atoms with E-state index in [0.717, 1.165) is 0 Å². The molecule has 1 rings (SSSR count). The number of nitrogens with two attached hydrogens (primary N) is 3. The summed E-state index contributed by atoms with van der Waals surface area (Å²) in [6, 6.07) is -6.06. The molecule has 0 aromatic carbocycles. The van der Waals surface area contributed by atoms with Crippen LogP contribution in [0.25, 0.3) is 0 Å². The molecule has 1 saturated heterocycles. The number of amides is 6. The molecular weight excluding hydrogens is 724 g/mol. The molecule has 6 amide bonds. The highest BCUT2D eigenvalue weighted by Crippen LogP contribution is 2.27. The average Bonchev–Trinajstić information content (AvgIpc) is 3.10. The number of aliphatic hydroxyl groups is 3. The minimum Gasteiger partial charge on any atom is -0.480 e. The highest BCUT2D eigenvalue weighted by Gasteiger charge is 2.45. The summed E-state index contributed by atoms with van der Waals surface area (Å²) in [7, 11) is 0. The monoisotopic (exact) mass is 778 g/mol. The predicted molar refractivity (Wildman–Crippen MR) is 182 cm³/mol. The van der Waals surface area contributed by atoms with Crippen molar-refractivity contribution in [2.24, 2.45) is 23.1 Å². The highest BCUT2D eigenvalue weighted by atomic mass is 16.6. The Morgan fingerprint density at radius 1 is 0.778 bits per heavy atom. The van der Waals surface area contributed by atoms with Crippen molar-refractivity contribution < 1.29 is 73.1 Å². The number of carbonyl (C=O) groups excluding carboxylic acids is 8. The summed E-state index contributed by atoms with van der Waals surface area (Å²) < 4.78 is 10.8. The molecule has 23 heteroatoms. The Morgan fingerprint density at radius 3 is 1.81 bits per heavy atom. The number of nitrogens with one attached hydrogen (secondary N) is 5. The maximum absolute atomic E-state index is 12.9. The standard InChI is InChI=1S/C30H54N8O13.CO2/c1-13(25(43)36-15(3)29(47)48)35-28(46)19(7-5-6-10-31)37-21(40)9-8-18(24(33)42)38-26(44)14(2)34-27(45)16(4)50-23-17(11-32)30(49)51-20(12-39)22(23)41;2-1-3/h13-20,22-23,30,39,41,49H,5-12,31-32H2,1-4H3,(H2,33,42)(H,34,45)(H,35,46)(H,36,43)(H,37,40)(H,38,44)(H,47,48);/t13-,14+,15-,16-,17+,18-,19+,20?,22?,23-,30?;/m1./s1. The number of ether oxygens (including phenoxy) is 2. The lowest BCUT2D eigenvalue weighted by Crippen LogP contribution is -2.60. The van der Waals surface area contributed by atoms with Gasteiger partial charge in [0.05, 0.1) is 18.6 Å². The topological polar surface area (TPSA) is 391 Å². The summed E-state index contributed by atoms with van der Waals surface area (Å²) in [6.45, 7) is 4.70. The molecule has 0 saturated carbocycles. The number of carboxylic acids is 1. The number of carbonyl (C=O) groups is 7. The maximum atomic E-state index is 12.9. The van der Waals surface area contributed by atoms with Crippen LogP contribution in [-0.2, 0) is 52.6 Å². The number of carboxylic acid groups (broad SMARTS) is 1. The lowest BCUT2D eigenvalue weighted by atomic mass is 9.90. The molecule has 1 aliphatic heterocycles. The average molecular weight is 779 g/mol. The van der Waals surface area contributed by atoms with Crippen molar-refractivity contribution in [3.05, 3.63) is 0 Å². The molecule has 1 aliphatic rings. The third kappa shape index (κ3) is 17.0. The third-order valence-corrected chi connectivity index (χ3v) is 8.15. The fourth-order valence-corrected chi connectivity index (χ4v) is 4.93. The Labute approximate surface area is 310 Å². The van der Waals surface area contributed by atoms with Gasteiger partial charge in [-0.15, -0.1) is 0 Å². The van der Waals surface area contributed by atoms with Crippen LogP contribution in [0.4, 0.5) is 0 Å². The lowest BCUT2D eigenvalue weighted by molar-refractivity contribution is -0.280. The van der Waals surface area contributed by atoms with Crippen LogP contribution in [0.3, 0.4) is 0 Å². The van der Waals surface area contributed by atoms with Gasteiger partial charge in [-0.05, 0) is 59.9 Å². The second kappa shape index (κ2) is 25.4. The molecule has 1 fully saturated rings. The minimum atomic E-state index is -1.48. The van der Waals surface area contributed by atoms with Crippen LogP contribution in [0.15, 0.2) is 0 Å². The molecule has 15 N–H and O–H groups in total. The van der Waals surface area contributed by atoms with Gasteiger partial charge in [0.2, 0.25) is 35.4 Å². The van der Waals surface area contributed by atoms with Crippen LogP contribution in [0.1, 0.15) is 59.8 Å². The summed E-state index contributed by atoms with van der Waals surface area (Å²) in [4.78, 5) is 103. The SMILES string of the molecule is C[C@H](NC(=O)[C@@H](C)O[C@H]1C(O)C(CO)OC(O)[C@H]1CN)C(=O)N[C@H](CCC(=O)N[C@@H](CCCCN)C(=O)N[C@H](C)C(=O)N[C@H](C)C(=O)O)C(N)=O.O=C=O. The van der Waals surface area contributed by atoms with E-state index in [9.17, 15) is 48.9 Å². The van der Waals surface area contributed by atoms with Crippen LogP contribution in [0, 0.1) is 5.92 Å². The molecule has 0 aromatic rings. The van der Waals surface area contributed by atoms with E-state index in [0.29, 0.717) is 19.4 Å². The van der Waals surface area contributed by atoms with Crippen molar-refractivity contribution in [2.45, 2.75) is 121 Å². The smallest absolute Gasteiger partial charge is 0.373 e. The van der Waals surface area contributed by atoms with Crippen LogP contribution < -0.4 is 43.8 Å². The minimum absolute atomic E-state index is 0.146. The first kappa shape index (κ1) is 49.4. The quantitative estimate of drug-likeness (QED) is 0.0455. The van der Waals surface area contributed by atoms with Crippen LogP contribution in [-0.4, -0.2) is 149 Å². The molecule has 0 radical (unpaired) electrons. The fourth-order valence-electron chi connectivity index (χ4n) is 4.93.